The molecule has 2 rings (SSSR count). The second-order valence-corrected chi connectivity index (χ2v) is 9.25. The molecule has 0 radical (unpaired) electrons. The number of aromatic nitrogens is 1. The highest BCUT2D eigenvalue weighted by atomic mass is 35.5. The van der Waals surface area contributed by atoms with E-state index in [9.17, 15) is 0 Å². The van der Waals surface area contributed by atoms with E-state index in [0.717, 1.165) is 5.56 Å². The van der Waals surface area contributed by atoms with Crippen LogP contribution in [-0.2, 0) is 4.84 Å². The van der Waals surface area contributed by atoms with Crippen LogP contribution in [0.4, 0.5) is 0 Å². The fourth-order valence-electron chi connectivity index (χ4n) is 2.34. The molecular formula is C22H20Cl6N2O4. The normalized spacial score (nSPS) is 11.0. The molecule has 0 atom stereocenters. The van der Waals surface area contributed by atoms with Crippen molar-refractivity contribution in [2.45, 2.75) is 13.3 Å². The number of oxime groups is 1. The summed E-state index contributed by atoms with van der Waals surface area (Å²) < 4.78 is 17.0. The maximum Gasteiger partial charge on any atom is 0.213 e. The lowest BCUT2D eigenvalue weighted by molar-refractivity contribution is 0.174. The van der Waals surface area contributed by atoms with E-state index in [-0.39, 0.29) is 22.2 Å². The Kier molecular flexibility index (Phi) is 13.0. The third-order valence-electron chi connectivity index (χ3n) is 3.91. The fourth-order valence-corrected chi connectivity index (χ4v) is 3.16. The summed E-state index contributed by atoms with van der Waals surface area (Å²) in [4.78, 5) is 9.36. The zero-order chi connectivity index (χ0) is 24.9. The highest BCUT2D eigenvalue weighted by Crippen LogP contribution is 2.37. The summed E-state index contributed by atoms with van der Waals surface area (Å²) in [5, 5.41) is 4.61. The Hall–Kier alpha value is -1.54. The number of rotatable bonds is 13. The summed E-state index contributed by atoms with van der Waals surface area (Å²) in [6, 6.07) is 6.76. The number of ether oxygens (including phenoxy) is 3. The molecule has 184 valence electrons. The molecule has 1 heterocycles. The molecule has 0 spiro atoms. The molecule has 0 saturated heterocycles. The number of hydrogen-bond acceptors (Lipinski definition) is 6. The summed E-state index contributed by atoms with van der Waals surface area (Å²) in [5.41, 5.74) is 1.44. The predicted octanol–water partition coefficient (Wildman–Crippen LogP) is 7.99. The van der Waals surface area contributed by atoms with E-state index >= 15 is 0 Å². The largest absolute Gasteiger partial charge is 0.490 e. The Morgan fingerprint density at radius 2 is 1.56 bits per heavy atom. The Morgan fingerprint density at radius 3 is 2.18 bits per heavy atom. The van der Waals surface area contributed by atoms with Gasteiger partial charge in [0.1, 0.15) is 27.9 Å². The van der Waals surface area contributed by atoms with Gasteiger partial charge in [0.05, 0.1) is 29.0 Å². The van der Waals surface area contributed by atoms with Gasteiger partial charge in [-0.25, -0.2) is 4.98 Å². The molecule has 0 N–H and O–H groups in total. The molecule has 0 unspecified atom stereocenters. The van der Waals surface area contributed by atoms with Gasteiger partial charge in [-0.1, -0.05) is 74.8 Å². The van der Waals surface area contributed by atoms with Crippen molar-refractivity contribution in [3.63, 3.8) is 0 Å². The number of halogens is 6. The Labute approximate surface area is 227 Å². The number of hydrogen-bond donors (Lipinski definition) is 0. The summed E-state index contributed by atoms with van der Waals surface area (Å²) in [6.07, 6.45) is 5.21. The van der Waals surface area contributed by atoms with Crippen LogP contribution in [0.3, 0.4) is 0 Å². The van der Waals surface area contributed by atoms with Gasteiger partial charge in [0, 0.05) is 36.4 Å². The van der Waals surface area contributed by atoms with Crippen molar-refractivity contribution >= 4 is 75.3 Å². The van der Waals surface area contributed by atoms with Crippen molar-refractivity contribution in [2.75, 3.05) is 26.4 Å². The van der Waals surface area contributed by atoms with Crippen molar-refractivity contribution in [1.29, 1.82) is 0 Å². The van der Waals surface area contributed by atoms with E-state index in [4.69, 9.17) is 88.7 Å². The van der Waals surface area contributed by atoms with Gasteiger partial charge in [0.15, 0.2) is 5.75 Å². The van der Waals surface area contributed by atoms with Gasteiger partial charge in [-0.2, -0.15) is 0 Å². The second kappa shape index (κ2) is 15.5. The third kappa shape index (κ3) is 10.8. The smallest absolute Gasteiger partial charge is 0.213 e. The SMILES string of the molecule is CC(=NOCC=C(Cl)Cl)c1ccc(OCCCOc2c(Cl)cc(OCC=C(Cl)Cl)cc2Cl)nc1. The van der Waals surface area contributed by atoms with Crippen LogP contribution >= 0.6 is 69.6 Å². The Bertz CT molecular complexity index is 998. The predicted molar refractivity (Wildman–Crippen MR) is 140 cm³/mol. The zero-order valence-electron chi connectivity index (χ0n) is 17.9. The zero-order valence-corrected chi connectivity index (χ0v) is 22.4. The van der Waals surface area contributed by atoms with E-state index in [1.54, 1.807) is 31.3 Å². The van der Waals surface area contributed by atoms with E-state index in [2.05, 4.69) is 10.1 Å². The molecule has 0 bridgehead atoms. The molecule has 0 aliphatic heterocycles. The second-order valence-electron chi connectivity index (χ2n) is 6.42. The van der Waals surface area contributed by atoms with E-state index in [1.807, 2.05) is 6.07 Å². The van der Waals surface area contributed by atoms with Crippen LogP contribution in [0, 0.1) is 0 Å². The maximum absolute atomic E-state index is 6.25. The molecule has 1 aromatic carbocycles. The highest BCUT2D eigenvalue weighted by molar-refractivity contribution is 6.56. The van der Waals surface area contributed by atoms with Crippen molar-refractivity contribution in [1.82, 2.24) is 4.98 Å². The Morgan fingerprint density at radius 1 is 0.912 bits per heavy atom. The Balaban J connectivity index is 1.76. The minimum atomic E-state index is 0.113. The first-order valence-electron chi connectivity index (χ1n) is 9.79. The summed E-state index contributed by atoms with van der Waals surface area (Å²) in [7, 11) is 0. The van der Waals surface area contributed by atoms with E-state index in [0.29, 0.717) is 52.8 Å². The third-order valence-corrected chi connectivity index (χ3v) is 5.09. The topological polar surface area (TPSA) is 62.2 Å². The summed E-state index contributed by atoms with van der Waals surface area (Å²) >= 11 is 34.6. The first-order valence-corrected chi connectivity index (χ1v) is 12.1. The first-order chi connectivity index (χ1) is 16.3. The molecular weight excluding hydrogens is 569 g/mol. The van der Waals surface area contributed by atoms with Crippen molar-refractivity contribution in [2.24, 2.45) is 5.16 Å². The molecule has 2 aromatic rings. The standard InChI is InChI=1S/C22H20Cl6N2O4/c1-14(30-34-10-6-20(27)28)15-3-4-21(29-13-15)32-7-2-8-33-22-17(23)11-16(12-18(22)24)31-9-5-19(25)26/h3-6,11-13H,2,7-10H2,1H3. The van der Waals surface area contributed by atoms with Gasteiger partial charge in [-0.15, -0.1) is 0 Å². The van der Waals surface area contributed by atoms with Gasteiger partial charge in [-0.3, -0.25) is 0 Å². The lowest BCUT2D eigenvalue weighted by Gasteiger charge is -2.12. The quantitative estimate of drug-likeness (QED) is 0.135. The van der Waals surface area contributed by atoms with Gasteiger partial charge < -0.3 is 19.0 Å². The number of nitrogens with zero attached hydrogens (tertiary/aromatic N) is 2. The minimum absolute atomic E-state index is 0.113. The number of benzene rings is 1. The molecule has 1 aromatic heterocycles. The molecule has 0 aliphatic rings. The first kappa shape index (κ1) is 28.7. The molecule has 0 amide bonds. The summed E-state index contributed by atoms with van der Waals surface area (Å²) in [5.74, 6) is 1.30. The van der Waals surface area contributed by atoms with Crippen LogP contribution in [0.1, 0.15) is 18.9 Å². The van der Waals surface area contributed by atoms with Crippen LogP contribution in [0.15, 0.2) is 56.8 Å². The van der Waals surface area contributed by atoms with E-state index < -0.39 is 0 Å². The van der Waals surface area contributed by atoms with Crippen LogP contribution in [0.5, 0.6) is 17.4 Å². The van der Waals surface area contributed by atoms with Crippen LogP contribution in [0.2, 0.25) is 10.0 Å². The van der Waals surface area contributed by atoms with E-state index in [1.165, 1.54) is 12.2 Å². The maximum atomic E-state index is 6.25. The van der Waals surface area contributed by atoms with Crippen LogP contribution in [-0.4, -0.2) is 37.1 Å². The molecule has 0 saturated carbocycles. The molecule has 6 nitrogen and oxygen atoms in total. The summed E-state index contributed by atoms with van der Waals surface area (Å²) in [6.45, 7) is 2.87. The van der Waals surface area contributed by atoms with Gasteiger partial charge in [0.2, 0.25) is 5.88 Å². The van der Waals surface area contributed by atoms with Crippen LogP contribution < -0.4 is 14.2 Å². The fraction of sp³-hybridized carbons (Fsp3) is 0.273. The molecule has 12 heteroatoms. The van der Waals surface area contributed by atoms with Crippen LogP contribution in [0.25, 0.3) is 0 Å². The molecule has 0 fully saturated rings. The lowest BCUT2D eigenvalue weighted by atomic mass is 10.2. The van der Waals surface area contributed by atoms with Gasteiger partial charge >= 0.3 is 0 Å². The monoisotopic (exact) mass is 586 g/mol. The molecule has 34 heavy (non-hydrogen) atoms. The van der Waals surface area contributed by atoms with Gasteiger partial charge in [-0.05, 0) is 25.1 Å². The average molecular weight is 589 g/mol. The highest BCUT2D eigenvalue weighted by Gasteiger charge is 2.11. The van der Waals surface area contributed by atoms with Crippen molar-refractivity contribution in [3.8, 4) is 17.4 Å². The number of pyridine rings is 1. The molecule has 0 aliphatic carbocycles. The van der Waals surface area contributed by atoms with Crippen molar-refractivity contribution < 1.29 is 19.0 Å². The minimum Gasteiger partial charge on any atom is -0.490 e. The average Bonchev–Trinajstić information content (AvgIpc) is 2.78. The van der Waals surface area contributed by atoms with Gasteiger partial charge in [0.25, 0.3) is 0 Å². The lowest BCUT2D eigenvalue weighted by Crippen LogP contribution is -2.07. The van der Waals surface area contributed by atoms with Crippen molar-refractivity contribution in [3.05, 3.63) is 67.2 Å².